The van der Waals surface area contributed by atoms with Crippen LogP contribution in [-0.4, -0.2) is 43.2 Å². The van der Waals surface area contributed by atoms with Crippen LogP contribution in [0.3, 0.4) is 0 Å². The summed E-state index contributed by atoms with van der Waals surface area (Å²) in [5.74, 6) is -0.104. The number of sulfonamides is 1. The number of hydrogen-bond donors (Lipinski definition) is 0. The molecule has 5 nitrogen and oxygen atoms in total. The van der Waals surface area contributed by atoms with Gasteiger partial charge in [0.25, 0.3) is 0 Å². The number of aryl methyl sites for hydroxylation is 1. The first-order valence-electron chi connectivity index (χ1n) is 12.7. The Balaban J connectivity index is 1.48. The molecule has 0 N–H and O–H groups in total. The van der Waals surface area contributed by atoms with E-state index in [2.05, 4.69) is 35.7 Å². The Morgan fingerprint density at radius 3 is 2.49 bits per heavy atom. The molecule has 0 saturated carbocycles. The van der Waals surface area contributed by atoms with E-state index in [1.807, 2.05) is 56.0 Å². The van der Waals surface area contributed by atoms with Gasteiger partial charge in [0.1, 0.15) is 0 Å². The van der Waals surface area contributed by atoms with Gasteiger partial charge in [-0.05, 0) is 64.7 Å². The maximum Gasteiger partial charge on any atom is 0.243 e. The van der Waals surface area contributed by atoms with Gasteiger partial charge in [-0.1, -0.05) is 74.0 Å². The van der Waals surface area contributed by atoms with Gasteiger partial charge >= 0.3 is 0 Å². The minimum Gasteiger partial charge on any atom is -0.330 e. The molecule has 37 heavy (non-hydrogen) atoms. The Hall–Kier alpha value is -3.00. The molecular weight excluding hydrogens is 500 g/mol. The second-order valence-corrected chi connectivity index (χ2v) is 13.1. The zero-order chi connectivity index (χ0) is 26.2. The van der Waals surface area contributed by atoms with E-state index in [-0.39, 0.29) is 35.9 Å². The number of rotatable bonds is 7. The van der Waals surface area contributed by atoms with Crippen LogP contribution in [0.4, 0.5) is 0 Å². The van der Waals surface area contributed by atoms with Crippen molar-refractivity contribution in [3.8, 4) is 0 Å². The molecule has 1 aliphatic heterocycles. The largest absolute Gasteiger partial charge is 0.330 e. The number of carbonyl (C=O) groups excluding carboxylic acids is 1. The highest BCUT2D eigenvalue weighted by atomic mass is 32.2. The summed E-state index contributed by atoms with van der Waals surface area (Å²) in [7, 11) is -3.87. The lowest BCUT2D eigenvalue weighted by molar-refractivity contribution is -0.133. The molecule has 0 radical (unpaired) electrons. The molecule has 2 heterocycles. The molecular formula is C30H32N2O3S2. The first-order chi connectivity index (χ1) is 17.7. The third-order valence-electron chi connectivity index (χ3n) is 6.92. The van der Waals surface area contributed by atoms with Crippen LogP contribution < -0.4 is 0 Å². The maximum atomic E-state index is 13.9. The number of hydrogen-bond acceptors (Lipinski definition) is 4. The van der Waals surface area contributed by atoms with E-state index in [9.17, 15) is 13.2 Å². The molecule has 0 bridgehead atoms. The normalized spacial score (nSPS) is 15.9. The van der Waals surface area contributed by atoms with Crippen molar-refractivity contribution in [2.45, 2.75) is 38.1 Å². The Kier molecular flexibility index (Phi) is 7.21. The van der Waals surface area contributed by atoms with E-state index >= 15 is 0 Å². The van der Waals surface area contributed by atoms with Gasteiger partial charge in [0.05, 0.1) is 17.5 Å². The van der Waals surface area contributed by atoms with Gasteiger partial charge in [-0.25, -0.2) is 8.42 Å². The van der Waals surface area contributed by atoms with Gasteiger partial charge in [0.15, 0.2) is 0 Å². The van der Waals surface area contributed by atoms with Crippen LogP contribution in [0.2, 0.25) is 0 Å². The molecule has 192 valence electrons. The minimum absolute atomic E-state index is 0.0701. The van der Waals surface area contributed by atoms with Gasteiger partial charge in [0, 0.05) is 18.0 Å². The van der Waals surface area contributed by atoms with E-state index < -0.39 is 10.0 Å². The second-order valence-electron chi connectivity index (χ2n) is 10.1. The van der Waals surface area contributed by atoms with Crippen molar-refractivity contribution in [1.82, 2.24) is 9.21 Å². The molecule has 7 heteroatoms. The SMILES string of the molecule is Cc1ccc(C2c3ccsc3CCN2C(=O)CN(CC(C)C)S(=O)(=O)c2ccc3ccccc3c2)cc1. The monoisotopic (exact) mass is 532 g/mol. The minimum atomic E-state index is -3.87. The Morgan fingerprint density at radius 1 is 1.03 bits per heavy atom. The van der Waals surface area contributed by atoms with Crippen LogP contribution in [0.1, 0.15) is 41.5 Å². The number of benzene rings is 3. The lowest BCUT2D eigenvalue weighted by Gasteiger charge is -2.37. The van der Waals surface area contributed by atoms with Crippen molar-refractivity contribution < 1.29 is 13.2 Å². The van der Waals surface area contributed by atoms with E-state index in [1.54, 1.807) is 23.5 Å². The highest BCUT2D eigenvalue weighted by Crippen LogP contribution is 2.38. The van der Waals surface area contributed by atoms with Crippen molar-refractivity contribution in [1.29, 1.82) is 0 Å². The molecule has 3 aromatic carbocycles. The number of fused-ring (bicyclic) bond motifs is 2. The van der Waals surface area contributed by atoms with Crippen molar-refractivity contribution in [2.75, 3.05) is 19.6 Å². The molecule has 1 amide bonds. The summed E-state index contributed by atoms with van der Waals surface area (Å²) in [5.41, 5.74) is 3.35. The van der Waals surface area contributed by atoms with Gasteiger partial charge in [0.2, 0.25) is 15.9 Å². The lowest BCUT2D eigenvalue weighted by Crippen LogP contribution is -2.47. The quantitative estimate of drug-likeness (QED) is 0.292. The first kappa shape index (κ1) is 25.6. The summed E-state index contributed by atoms with van der Waals surface area (Å²) in [6, 6.07) is 23.0. The summed E-state index contributed by atoms with van der Waals surface area (Å²) < 4.78 is 29.0. The summed E-state index contributed by atoms with van der Waals surface area (Å²) in [6.45, 7) is 6.65. The fraction of sp³-hybridized carbons (Fsp3) is 0.300. The molecule has 0 spiro atoms. The maximum absolute atomic E-state index is 13.9. The molecule has 5 rings (SSSR count). The molecule has 0 saturated heterocycles. The lowest BCUT2D eigenvalue weighted by atomic mass is 9.92. The zero-order valence-corrected chi connectivity index (χ0v) is 23.1. The Bertz CT molecular complexity index is 1520. The van der Waals surface area contributed by atoms with Gasteiger partial charge in [-0.3, -0.25) is 4.79 Å². The third-order valence-corrected chi connectivity index (χ3v) is 9.72. The van der Waals surface area contributed by atoms with Gasteiger partial charge < -0.3 is 4.90 Å². The fourth-order valence-electron chi connectivity index (χ4n) is 5.07. The second kappa shape index (κ2) is 10.4. The number of thiophene rings is 1. The van der Waals surface area contributed by atoms with Crippen LogP contribution in [0.5, 0.6) is 0 Å². The summed E-state index contributed by atoms with van der Waals surface area (Å²) in [6.07, 6.45) is 0.780. The standard InChI is InChI=1S/C30H32N2O3S2/c1-21(2)19-31(37(34,35)26-13-12-23-6-4-5-7-25(23)18-26)20-29(33)32-16-14-28-27(15-17-36-28)30(32)24-10-8-22(3)9-11-24/h4-13,15,17-18,21,30H,14,16,19-20H2,1-3H3. The van der Waals surface area contributed by atoms with E-state index in [1.165, 1.54) is 9.18 Å². The highest BCUT2D eigenvalue weighted by Gasteiger charge is 2.35. The Morgan fingerprint density at radius 2 is 1.76 bits per heavy atom. The third kappa shape index (κ3) is 5.21. The van der Waals surface area contributed by atoms with Gasteiger partial charge in [-0.2, -0.15) is 4.31 Å². The molecule has 4 aromatic rings. The average Bonchev–Trinajstić information content (AvgIpc) is 3.37. The first-order valence-corrected chi connectivity index (χ1v) is 15.0. The zero-order valence-electron chi connectivity index (χ0n) is 21.4. The van der Waals surface area contributed by atoms with E-state index in [4.69, 9.17) is 0 Å². The van der Waals surface area contributed by atoms with Crippen LogP contribution in [0.15, 0.2) is 83.1 Å². The van der Waals surface area contributed by atoms with Crippen molar-refractivity contribution in [2.24, 2.45) is 5.92 Å². The summed E-state index contributed by atoms with van der Waals surface area (Å²) >= 11 is 1.72. The number of nitrogens with zero attached hydrogens (tertiary/aromatic N) is 2. The molecule has 0 fully saturated rings. The molecule has 1 unspecified atom stereocenters. The van der Waals surface area contributed by atoms with Crippen LogP contribution >= 0.6 is 11.3 Å². The topological polar surface area (TPSA) is 57.7 Å². The van der Waals surface area contributed by atoms with Crippen molar-refractivity contribution >= 4 is 38.0 Å². The fourth-order valence-corrected chi connectivity index (χ4v) is 7.56. The Labute approximate surface area is 223 Å². The highest BCUT2D eigenvalue weighted by molar-refractivity contribution is 7.89. The smallest absolute Gasteiger partial charge is 0.243 e. The average molecular weight is 533 g/mol. The summed E-state index contributed by atoms with van der Waals surface area (Å²) in [4.78, 5) is 17.3. The van der Waals surface area contributed by atoms with Crippen LogP contribution in [0.25, 0.3) is 10.8 Å². The van der Waals surface area contributed by atoms with Crippen LogP contribution in [-0.2, 0) is 21.2 Å². The summed E-state index contributed by atoms with van der Waals surface area (Å²) in [5, 5.41) is 3.92. The molecule has 1 atom stereocenters. The predicted molar refractivity (Wildman–Crippen MR) is 150 cm³/mol. The van der Waals surface area contributed by atoms with E-state index in [0.29, 0.717) is 6.54 Å². The van der Waals surface area contributed by atoms with Gasteiger partial charge in [-0.15, -0.1) is 11.3 Å². The number of carbonyl (C=O) groups is 1. The van der Waals surface area contributed by atoms with Crippen LogP contribution in [0, 0.1) is 12.8 Å². The van der Waals surface area contributed by atoms with Crippen molar-refractivity contribution in [3.05, 3.63) is 99.7 Å². The molecule has 1 aromatic heterocycles. The van der Waals surface area contributed by atoms with E-state index in [0.717, 1.165) is 33.9 Å². The predicted octanol–water partition coefficient (Wildman–Crippen LogP) is 6.03. The molecule has 1 aliphatic rings. The molecule has 0 aliphatic carbocycles. The number of amides is 1. The van der Waals surface area contributed by atoms with Crippen molar-refractivity contribution in [3.63, 3.8) is 0 Å².